The first-order chi connectivity index (χ1) is 10.5. The molecule has 3 rings (SSSR count). The standard InChI is InChI=1S/C14H12FN3O2S2/c1-18(9-10-4-2-5-11(15)8-10)22(19,20)13-7-3-6-12-14(13)17-21-16-12/h2-8H,9H2,1H3. The van der Waals surface area contributed by atoms with E-state index >= 15 is 0 Å². The minimum absolute atomic E-state index is 0.0774. The Bertz CT molecular complexity index is 924. The molecule has 2 aromatic carbocycles. The van der Waals surface area contributed by atoms with Crippen molar-refractivity contribution >= 4 is 32.8 Å². The van der Waals surface area contributed by atoms with Crippen molar-refractivity contribution in [1.29, 1.82) is 0 Å². The van der Waals surface area contributed by atoms with Crippen LogP contribution in [0, 0.1) is 5.82 Å². The highest BCUT2D eigenvalue weighted by molar-refractivity contribution is 7.89. The molecular weight excluding hydrogens is 325 g/mol. The third-order valence-corrected chi connectivity index (χ3v) is 5.61. The minimum Gasteiger partial charge on any atom is -0.207 e. The first kappa shape index (κ1) is 15.0. The van der Waals surface area contributed by atoms with E-state index in [0.717, 1.165) is 11.7 Å². The zero-order chi connectivity index (χ0) is 15.7. The quantitative estimate of drug-likeness (QED) is 0.734. The number of aromatic nitrogens is 2. The van der Waals surface area contributed by atoms with Gasteiger partial charge in [0.15, 0.2) is 0 Å². The van der Waals surface area contributed by atoms with Crippen molar-refractivity contribution in [3.05, 3.63) is 53.8 Å². The van der Waals surface area contributed by atoms with Crippen LogP contribution in [0.3, 0.4) is 0 Å². The molecule has 22 heavy (non-hydrogen) atoms. The van der Waals surface area contributed by atoms with Gasteiger partial charge < -0.3 is 0 Å². The number of nitrogens with zero attached hydrogens (tertiary/aromatic N) is 3. The highest BCUT2D eigenvalue weighted by Gasteiger charge is 2.24. The molecule has 1 heterocycles. The molecule has 1 aromatic heterocycles. The Balaban J connectivity index is 1.97. The lowest BCUT2D eigenvalue weighted by Gasteiger charge is -2.17. The molecule has 0 aliphatic rings. The highest BCUT2D eigenvalue weighted by Crippen LogP contribution is 2.24. The third-order valence-electron chi connectivity index (χ3n) is 3.23. The normalized spacial score (nSPS) is 12.1. The third kappa shape index (κ3) is 2.72. The lowest BCUT2D eigenvalue weighted by molar-refractivity contribution is 0.466. The topological polar surface area (TPSA) is 63.2 Å². The van der Waals surface area contributed by atoms with Gasteiger partial charge in [0.05, 0.1) is 11.7 Å². The van der Waals surface area contributed by atoms with E-state index in [1.807, 2.05) is 0 Å². The molecular formula is C14H12FN3O2S2. The molecule has 8 heteroatoms. The predicted octanol–water partition coefficient (Wildman–Crippen LogP) is 2.65. The van der Waals surface area contributed by atoms with Gasteiger partial charge in [-0.3, -0.25) is 0 Å². The lowest BCUT2D eigenvalue weighted by Crippen LogP contribution is -2.26. The molecule has 0 bridgehead atoms. The average Bonchev–Trinajstić information content (AvgIpc) is 2.95. The smallest absolute Gasteiger partial charge is 0.207 e. The van der Waals surface area contributed by atoms with Crippen LogP contribution in [0.1, 0.15) is 5.56 Å². The van der Waals surface area contributed by atoms with Crippen molar-refractivity contribution in [2.45, 2.75) is 11.4 Å². The molecule has 0 atom stereocenters. The van der Waals surface area contributed by atoms with Crippen molar-refractivity contribution in [2.75, 3.05) is 7.05 Å². The zero-order valence-electron chi connectivity index (χ0n) is 11.6. The monoisotopic (exact) mass is 337 g/mol. The maximum Gasteiger partial charge on any atom is 0.245 e. The highest BCUT2D eigenvalue weighted by atomic mass is 32.2. The van der Waals surface area contributed by atoms with Crippen molar-refractivity contribution < 1.29 is 12.8 Å². The molecule has 0 saturated carbocycles. The van der Waals surface area contributed by atoms with Gasteiger partial charge in [-0.25, -0.2) is 12.8 Å². The average molecular weight is 337 g/mol. The van der Waals surface area contributed by atoms with E-state index in [-0.39, 0.29) is 11.4 Å². The first-order valence-corrected chi connectivity index (χ1v) is 8.57. The van der Waals surface area contributed by atoms with E-state index in [1.54, 1.807) is 24.3 Å². The zero-order valence-corrected chi connectivity index (χ0v) is 13.2. The van der Waals surface area contributed by atoms with Crippen LogP contribution in [0.5, 0.6) is 0 Å². The number of halogens is 1. The fourth-order valence-electron chi connectivity index (χ4n) is 2.13. The Kier molecular flexibility index (Phi) is 3.90. The molecule has 0 spiro atoms. The number of sulfonamides is 1. The van der Waals surface area contributed by atoms with Crippen LogP contribution in [0.15, 0.2) is 47.4 Å². The van der Waals surface area contributed by atoms with Gasteiger partial charge in [-0.2, -0.15) is 13.1 Å². The first-order valence-electron chi connectivity index (χ1n) is 6.40. The molecule has 114 valence electrons. The number of benzene rings is 2. The number of hydrogen-bond donors (Lipinski definition) is 0. The summed E-state index contributed by atoms with van der Waals surface area (Å²) < 4.78 is 47.9. The van der Waals surface area contributed by atoms with Crippen LogP contribution < -0.4 is 0 Å². The lowest BCUT2D eigenvalue weighted by atomic mass is 10.2. The molecule has 0 radical (unpaired) electrons. The summed E-state index contributed by atoms with van der Waals surface area (Å²) in [4.78, 5) is 0.109. The predicted molar refractivity (Wildman–Crippen MR) is 82.5 cm³/mol. The van der Waals surface area contributed by atoms with Gasteiger partial charge in [-0.15, -0.1) is 0 Å². The van der Waals surface area contributed by atoms with E-state index in [9.17, 15) is 12.8 Å². The summed E-state index contributed by atoms with van der Waals surface area (Å²) >= 11 is 0.968. The second-order valence-electron chi connectivity index (χ2n) is 4.78. The largest absolute Gasteiger partial charge is 0.245 e. The SMILES string of the molecule is CN(Cc1cccc(F)c1)S(=O)(=O)c1cccc2nsnc12. The van der Waals surface area contributed by atoms with E-state index in [0.29, 0.717) is 16.6 Å². The molecule has 5 nitrogen and oxygen atoms in total. The summed E-state index contributed by atoms with van der Waals surface area (Å²) in [5, 5.41) is 0. The van der Waals surface area contributed by atoms with Gasteiger partial charge in [0.1, 0.15) is 21.7 Å². The number of rotatable bonds is 4. The van der Waals surface area contributed by atoms with Crippen LogP contribution in [0.2, 0.25) is 0 Å². The van der Waals surface area contributed by atoms with Gasteiger partial charge in [0.25, 0.3) is 0 Å². The molecule has 3 aromatic rings. The molecule has 0 aliphatic heterocycles. The van der Waals surface area contributed by atoms with E-state index < -0.39 is 15.8 Å². The van der Waals surface area contributed by atoms with Gasteiger partial charge in [-0.05, 0) is 29.8 Å². The second-order valence-corrected chi connectivity index (χ2v) is 7.32. The summed E-state index contributed by atoms with van der Waals surface area (Å²) in [5.41, 5.74) is 1.48. The van der Waals surface area contributed by atoms with Gasteiger partial charge in [0, 0.05) is 13.6 Å². The summed E-state index contributed by atoms with van der Waals surface area (Å²) in [5.74, 6) is -0.394. The van der Waals surface area contributed by atoms with Crippen molar-refractivity contribution in [2.24, 2.45) is 0 Å². The fourth-order valence-corrected chi connectivity index (χ4v) is 4.04. The summed E-state index contributed by atoms with van der Waals surface area (Å²) in [6.45, 7) is 0.0774. The van der Waals surface area contributed by atoms with Crippen molar-refractivity contribution in [3.63, 3.8) is 0 Å². The number of hydrogen-bond acceptors (Lipinski definition) is 5. The van der Waals surface area contributed by atoms with Crippen molar-refractivity contribution in [1.82, 2.24) is 13.1 Å². The molecule has 0 fully saturated rings. The Morgan fingerprint density at radius 3 is 2.73 bits per heavy atom. The maximum atomic E-state index is 13.2. The fraction of sp³-hybridized carbons (Fsp3) is 0.143. The Hall–Kier alpha value is -1.90. The molecule has 0 amide bonds. The van der Waals surface area contributed by atoms with Gasteiger partial charge >= 0.3 is 0 Å². The molecule has 0 unspecified atom stereocenters. The molecule has 0 aliphatic carbocycles. The minimum atomic E-state index is -3.73. The van der Waals surface area contributed by atoms with E-state index in [2.05, 4.69) is 8.75 Å². The summed E-state index contributed by atoms with van der Waals surface area (Å²) in [6, 6.07) is 10.7. The summed E-state index contributed by atoms with van der Waals surface area (Å²) in [6.07, 6.45) is 0. The maximum absolute atomic E-state index is 13.2. The molecule has 0 saturated heterocycles. The van der Waals surface area contributed by atoms with E-state index in [4.69, 9.17) is 0 Å². The Morgan fingerprint density at radius 2 is 1.95 bits per heavy atom. The van der Waals surface area contributed by atoms with Crippen LogP contribution in [-0.4, -0.2) is 28.5 Å². The van der Waals surface area contributed by atoms with Gasteiger partial charge in [0.2, 0.25) is 10.0 Å². The van der Waals surface area contributed by atoms with Crippen LogP contribution >= 0.6 is 11.7 Å². The number of fused-ring (bicyclic) bond motifs is 1. The second kappa shape index (κ2) is 5.71. The Morgan fingerprint density at radius 1 is 1.18 bits per heavy atom. The summed E-state index contributed by atoms with van der Waals surface area (Å²) in [7, 11) is -2.27. The van der Waals surface area contributed by atoms with Crippen LogP contribution in [0.25, 0.3) is 11.0 Å². The Labute approximate surface area is 131 Å². The van der Waals surface area contributed by atoms with E-state index in [1.165, 1.54) is 29.6 Å². The van der Waals surface area contributed by atoms with Crippen LogP contribution in [0.4, 0.5) is 4.39 Å². The van der Waals surface area contributed by atoms with Crippen molar-refractivity contribution in [3.8, 4) is 0 Å². The molecule has 0 N–H and O–H groups in total. The van der Waals surface area contributed by atoms with Crippen LogP contribution in [-0.2, 0) is 16.6 Å². The van der Waals surface area contributed by atoms with Gasteiger partial charge in [-0.1, -0.05) is 18.2 Å².